The molecule has 2 heteroatoms. The first-order valence-electron chi connectivity index (χ1n) is 5.42. The van der Waals surface area contributed by atoms with Gasteiger partial charge in [-0.3, -0.25) is 4.79 Å². The summed E-state index contributed by atoms with van der Waals surface area (Å²) in [5, 5.41) is 9.01. The quantitative estimate of drug-likeness (QED) is 0.817. The molecule has 0 aliphatic heterocycles. The summed E-state index contributed by atoms with van der Waals surface area (Å²) < 4.78 is 0. The van der Waals surface area contributed by atoms with Gasteiger partial charge in [0.15, 0.2) is 0 Å². The van der Waals surface area contributed by atoms with Crippen molar-refractivity contribution < 1.29 is 9.90 Å². The normalized spacial score (nSPS) is 36.5. The fourth-order valence-electron chi connectivity index (χ4n) is 3.44. The van der Waals surface area contributed by atoms with Gasteiger partial charge in [-0.2, -0.15) is 0 Å². The Morgan fingerprint density at radius 3 is 2.33 bits per heavy atom. The Kier molecular flexibility index (Phi) is 1.57. The van der Waals surface area contributed by atoms with Gasteiger partial charge >= 0.3 is 5.97 Å². The van der Waals surface area contributed by atoms with Crippen LogP contribution in [0.2, 0.25) is 0 Å². The van der Waals surface area contributed by atoms with Gasteiger partial charge in [0.2, 0.25) is 0 Å². The highest BCUT2D eigenvalue weighted by molar-refractivity contribution is 5.79. The van der Waals surface area contributed by atoms with Gasteiger partial charge in [-0.1, -0.05) is 30.3 Å². The Labute approximate surface area is 88.9 Å². The van der Waals surface area contributed by atoms with E-state index < -0.39 is 5.97 Å². The number of hydrogen-bond donors (Lipinski definition) is 1. The highest BCUT2D eigenvalue weighted by Crippen LogP contribution is 2.74. The van der Waals surface area contributed by atoms with Gasteiger partial charge in [0.25, 0.3) is 0 Å². The first-order chi connectivity index (χ1) is 7.14. The van der Waals surface area contributed by atoms with Gasteiger partial charge in [0.05, 0.1) is 5.41 Å². The molecule has 0 heterocycles. The van der Waals surface area contributed by atoms with E-state index in [4.69, 9.17) is 5.11 Å². The van der Waals surface area contributed by atoms with Crippen molar-refractivity contribution >= 4 is 5.97 Å². The summed E-state index contributed by atoms with van der Waals surface area (Å²) in [5.41, 5.74) is 1.35. The first kappa shape index (κ1) is 8.96. The summed E-state index contributed by atoms with van der Waals surface area (Å²) >= 11 is 0. The van der Waals surface area contributed by atoms with Crippen molar-refractivity contribution in [3.63, 3.8) is 0 Å². The molecule has 4 rings (SSSR count). The van der Waals surface area contributed by atoms with Gasteiger partial charge in [-0.05, 0) is 36.7 Å². The molecule has 2 bridgehead atoms. The molecule has 0 atom stereocenters. The van der Waals surface area contributed by atoms with Gasteiger partial charge in [0.1, 0.15) is 0 Å². The summed E-state index contributed by atoms with van der Waals surface area (Å²) in [7, 11) is 0. The third-order valence-electron chi connectivity index (χ3n) is 4.02. The second-order valence-electron chi connectivity index (χ2n) is 5.28. The largest absolute Gasteiger partial charge is 0.481 e. The molecule has 0 aromatic heterocycles. The molecule has 0 saturated heterocycles. The zero-order valence-corrected chi connectivity index (χ0v) is 8.57. The van der Waals surface area contributed by atoms with Crippen LogP contribution in [0.5, 0.6) is 0 Å². The minimum absolute atomic E-state index is 0.325. The molecule has 3 aliphatic rings. The van der Waals surface area contributed by atoms with Crippen LogP contribution in [-0.2, 0) is 11.2 Å². The Bertz CT molecular complexity index is 388. The number of carboxylic acid groups (broad SMARTS) is 1. The Morgan fingerprint density at radius 1 is 1.20 bits per heavy atom. The van der Waals surface area contributed by atoms with E-state index in [-0.39, 0.29) is 5.41 Å². The lowest BCUT2D eigenvalue weighted by atomic mass is 9.34. The third-order valence-corrected chi connectivity index (χ3v) is 4.02. The minimum atomic E-state index is -0.586. The fourth-order valence-corrected chi connectivity index (χ4v) is 3.44. The average molecular weight is 202 g/mol. The molecule has 0 radical (unpaired) electrons. The Morgan fingerprint density at radius 2 is 1.80 bits per heavy atom. The maximum atomic E-state index is 10.9. The van der Waals surface area contributed by atoms with Crippen LogP contribution in [0.1, 0.15) is 24.8 Å². The maximum absolute atomic E-state index is 10.9. The molecule has 3 aliphatic carbocycles. The molecule has 1 N–H and O–H groups in total. The van der Waals surface area contributed by atoms with Crippen molar-refractivity contribution in [1.82, 2.24) is 0 Å². The van der Waals surface area contributed by atoms with E-state index in [0.29, 0.717) is 5.41 Å². The van der Waals surface area contributed by atoms with E-state index >= 15 is 0 Å². The van der Waals surface area contributed by atoms with E-state index in [1.807, 2.05) is 18.2 Å². The number of hydrogen-bond acceptors (Lipinski definition) is 1. The second kappa shape index (κ2) is 2.63. The lowest BCUT2D eigenvalue weighted by Gasteiger charge is -2.68. The van der Waals surface area contributed by atoms with Crippen LogP contribution < -0.4 is 0 Å². The highest BCUT2D eigenvalue weighted by Gasteiger charge is 2.71. The predicted molar refractivity (Wildman–Crippen MR) is 56.5 cm³/mol. The first-order valence-corrected chi connectivity index (χ1v) is 5.42. The molecule has 0 spiro atoms. The van der Waals surface area contributed by atoms with E-state index in [9.17, 15) is 4.79 Å². The predicted octanol–water partition coefficient (Wildman–Crippen LogP) is 2.48. The Balaban J connectivity index is 1.68. The van der Waals surface area contributed by atoms with E-state index in [0.717, 1.165) is 25.7 Å². The smallest absolute Gasteiger partial charge is 0.309 e. The molecule has 3 saturated carbocycles. The van der Waals surface area contributed by atoms with Crippen molar-refractivity contribution in [3.05, 3.63) is 35.9 Å². The van der Waals surface area contributed by atoms with Crippen LogP contribution in [0.4, 0.5) is 0 Å². The van der Waals surface area contributed by atoms with Crippen LogP contribution in [0, 0.1) is 10.8 Å². The van der Waals surface area contributed by atoms with Crippen molar-refractivity contribution in [2.24, 2.45) is 10.8 Å². The zero-order chi connectivity index (χ0) is 10.5. The van der Waals surface area contributed by atoms with E-state index in [1.54, 1.807) is 0 Å². The third kappa shape index (κ3) is 1.14. The number of carbonyl (C=O) groups is 1. The number of carboxylic acids is 1. The molecule has 15 heavy (non-hydrogen) atoms. The molecular weight excluding hydrogens is 188 g/mol. The van der Waals surface area contributed by atoms with E-state index in [1.165, 1.54) is 5.56 Å². The van der Waals surface area contributed by atoms with E-state index in [2.05, 4.69) is 12.1 Å². The molecule has 1 aromatic carbocycles. The molecule has 0 amide bonds. The lowest BCUT2D eigenvalue weighted by molar-refractivity contribution is -0.222. The molecule has 78 valence electrons. The molecule has 0 unspecified atom stereocenters. The standard InChI is InChI=1S/C13H14O2/c14-11(15)13-7-12(8-13,9-13)6-10-4-2-1-3-5-10/h1-5H,6-9H2,(H,14,15). The van der Waals surface area contributed by atoms with Crippen LogP contribution >= 0.6 is 0 Å². The molecule has 2 nitrogen and oxygen atoms in total. The summed E-state index contributed by atoms with van der Waals surface area (Å²) in [6.45, 7) is 0. The zero-order valence-electron chi connectivity index (χ0n) is 8.57. The topological polar surface area (TPSA) is 37.3 Å². The van der Waals surface area contributed by atoms with Gasteiger partial charge in [0, 0.05) is 0 Å². The summed E-state index contributed by atoms with van der Waals surface area (Å²) in [6.07, 6.45) is 3.74. The van der Waals surface area contributed by atoms with Crippen LogP contribution in [-0.4, -0.2) is 11.1 Å². The number of rotatable bonds is 3. The SMILES string of the molecule is O=C(O)C12CC(Cc3ccccc3)(C1)C2. The van der Waals surface area contributed by atoms with Gasteiger partial charge in [-0.15, -0.1) is 0 Å². The minimum Gasteiger partial charge on any atom is -0.481 e. The molecule has 1 aromatic rings. The number of aliphatic carboxylic acids is 1. The maximum Gasteiger partial charge on any atom is 0.309 e. The summed E-state index contributed by atoms with van der Waals surface area (Å²) in [4.78, 5) is 10.9. The highest BCUT2D eigenvalue weighted by atomic mass is 16.4. The summed E-state index contributed by atoms with van der Waals surface area (Å²) in [5.74, 6) is -0.586. The van der Waals surface area contributed by atoms with Crippen molar-refractivity contribution in [3.8, 4) is 0 Å². The lowest BCUT2D eigenvalue weighted by Crippen LogP contribution is -2.66. The Hall–Kier alpha value is -1.31. The second-order valence-corrected chi connectivity index (χ2v) is 5.28. The van der Waals surface area contributed by atoms with Gasteiger partial charge < -0.3 is 5.11 Å². The monoisotopic (exact) mass is 202 g/mol. The van der Waals surface area contributed by atoms with Crippen LogP contribution in [0.25, 0.3) is 0 Å². The fraction of sp³-hybridized carbons (Fsp3) is 0.462. The van der Waals surface area contributed by atoms with Crippen LogP contribution in [0.15, 0.2) is 30.3 Å². The van der Waals surface area contributed by atoms with Crippen molar-refractivity contribution in [2.45, 2.75) is 25.7 Å². The van der Waals surface area contributed by atoms with Crippen molar-refractivity contribution in [2.75, 3.05) is 0 Å². The van der Waals surface area contributed by atoms with Crippen molar-refractivity contribution in [1.29, 1.82) is 0 Å². The summed E-state index contributed by atoms with van der Waals surface area (Å²) in [6, 6.07) is 10.4. The number of benzene rings is 1. The molecular formula is C13H14O2. The van der Waals surface area contributed by atoms with Crippen LogP contribution in [0.3, 0.4) is 0 Å². The molecule has 3 fully saturated rings. The average Bonchev–Trinajstić information content (AvgIpc) is 2.10. The van der Waals surface area contributed by atoms with Gasteiger partial charge in [-0.25, -0.2) is 0 Å².